The highest BCUT2D eigenvalue weighted by atomic mass is 19.1. The fraction of sp³-hybridized carbons (Fsp3) is 0.250. The van der Waals surface area contributed by atoms with Gasteiger partial charge in [0.15, 0.2) is 6.61 Å². The maximum absolute atomic E-state index is 13.1. The lowest BCUT2D eigenvalue weighted by molar-refractivity contribution is -0.119. The first-order valence-corrected chi connectivity index (χ1v) is 8.95. The van der Waals surface area contributed by atoms with Crippen LogP contribution in [0.4, 0.5) is 21.5 Å². The van der Waals surface area contributed by atoms with Crippen LogP contribution in [0.5, 0.6) is 0 Å². The van der Waals surface area contributed by atoms with Gasteiger partial charge in [0.05, 0.1) is 16.9 Å². The summed E-state index contributed by atoms with van der Waals surface area (Å²) in [7, 11) is 0. The Hall–Kier alpha value is -3.42. The molecule has 2 aliphatic rings. The van der Waals surface area contributed by atoms with Crippen LogP contribution >= 0.6 is 0 Å². The van der Waals surface area contributed by atoms with Crippen molar-refractivity contribution in [3.8, 4) is 0 Å². The zero-order valence-electron chi connectivity index (χ0n) is 14.9. The van der Waals surface area contributed by atoms with Crippen molar-refractivity contribution in [3.05, 3.63) is 53.8 Å². The summed E-state index contributed by atoms with van der Waals surface area (Å²) in [6.45, 7) is 0.294. The molecular formula is C20H18FN3O4. The van der Waals surface area contributed by atoms with E-state index in [0.717, 1.165) is 31.1 Å². The van der Waals surface area contributed by atoms with E-state index in [1.165, 1.54) is 18.2 Å². The number of nitrogens with one attached hydrogen (secondary N) is 2. The lowest BCUT2D eigenvalue weighted by atomic mass is 10.1. The zero-order valence-corrected chi connectivity index (χ0v) is 14.9. The first-order valence-electron chi connectivity index (χ1n) is 8.95. The minimum absolute atomic E-state index is 0.0787. The van der Waals surface area contributed by atoms with Gasteiger partial charge in [-0.05, 0) is 49.2 Å². The number of nitrogens with zero attached hydrogens (tertiary/aromatic N) is 1. The number of carbonyl (C=O) groups excluding carboxylic acids is 3. The van der Waals surface area contributed by atoms with Crippen LogP contribution < -0.4 is 15.5 Å². The van der Waals surface area contributed by atoms with E-state index in [-0.39, 0.29) is 23.2 Å². The van der Waals surface area contributed by atoms with Gasteiger partial charge in [-0.3, -0.25) is 9.59 Å². The van der Waals surface area contributed by atoms with Crippen molar-refractivity contribution in [1.29, 1.82) is 0 Å². The molecule has 0 aliphatic carbocycles. The average molecular weight is 383 g/mol. The first kappa shape index (κ1) is 18.0. The van der Waals surface area contributed by atoms with Crippen molar-refractivity contribution in [2.75, 3.05) is 28.7 Å². The Labute approximate surface area is 160 Å². The number of anilines is 3. The van der Waals surface area contributed by atoms with E-state index < -0.39 is 24.3 Å². The van der Waals surface area contributed by atoms with Gasteiger partial charge in [-0.15, -0.1) is 0 Å². The Balaban J connectivity index is 1.39. The molecule has 28 heavy (non-hydrogen) atoms. The molecule has 1 atom stereocenters. The fourth-order valence-corrected chi connectivity index (χ4v) is 3.53. The van der Waals surface area contributed by atoms with Crippen molar-refractivity contribution in [2.24, 2.45) is 0 Å². The van der Waals surface area contributed by atoms with Gasteiger partial charge in [-0.2, -0.15) is 0 Å². The molecule has 1 saturated heterocycles. The predicted octanol–water partition coefficient (Wildman–Crippen LogP) is 2.54. The second-order valence-corrected chi connectivity index (χ2v) is 6.71. The highest BCUT2D eigenvalue weighted by Crippen LogP contribution is 2.37. The summed E-state index contributed by atoms with van der Waals surface area (Å²) in [6, 6.07) is 10.2. The summed E-state index contributed by atoms with van der Waals surface area (Å²) in [5.74, 6) is -1.82. The monoisotopic (exact) mass is 383 g/mol. The van der Waals surface area contributed by atoms with Gasteiger partial charge in [0.25, 0.3) is 5.91 Å². The second kappa shape index (κ2) is 7.30. The second-order valence-electron chi connectivity index (χ2n) is 6.71. The lowest BCUT2D eigenvalue weighted by Gasteiger charge is -2.33. The van der Waals surface area contributed by atoms with Crippen molar-refractivity contribution < 1.29 is 23.5 Å². The van der Waals surface area contributed by atoms with Crippen molar-refractivity contribution in [3.63, 3.8) is 0 Å². The molecule has 0 saturated carbocycles. The average Bonchev–Trinajstić information content (AvgIpc) is 3.16. The molecule has 7 nitrogen and oxygen atoms in total. The Morgan fingerprint density at radius 2 is 2.11 bits per heavy atom. The minimum Gasteiger partial charge on any atom is -0.452 e. The molecule has 2 aromatic carbocycles. The van der Waals surface area contributed by atoms with Gasteiger partial charge >= 0.3 is 5.97 Å². The van der Waals surface area contributed by atoms with Gasteiger partial charge in [0, 0.05) is 12.2 Å². The van der Waals surface area contributed by atoms with Crippen LogP contribution in [-0.4, -0.2) is 37.0 Å². The van der Waals surface area contributed by atoms with E-state index in [0.29, 0.717) is 5.69 Å². The summed E-state index contributed by atoms with van der Waals surface area (Å²) < 4.78 is 18.2. The fourth-order valence-electron chi connectivity index (χ4n) is 3.53. The van der Waals surface area contributed by atoms with Crippen molar-refractivity contribution in [2.45, 2.75) is 18.9 Å². The number of hydrogen-bond acceptors (Lipinski definition) is 5. The minimum atomic E-state index is -0.685. The maximum Gasteiger partial charge on any atom is 0.338 e. The van der Waals surface area contributed by atoms with Crippen LogP contribution in [-0.2, 0) is 14.3 Å². The predicted molar refractivity (Wildman–Crippen MR) is 101 cm³/mol. The number of halogens is 1. The van der Waals surface area contributed by atoms with E-state index >= 15 is 0 Å². The van der Waals surface area contributed by atoms with E-state index in [9.17, 15) is 18.8 Å². The zero-order chi connectivity index (χ0) is 19.7. The number of ether oxygens (including phenoxy) is 1. The highest BCUT2D eigenvalue weighted by molar-refractivity contribution is 6.05. The molecule has 2 aliphatic heterocycles. The molecule has 1 fully saturated rings. The van der Waals surface area contributed by atoms with E-state index in [4.69, 9.17) is 4.74 Å². The number of rotatable bonds is 4. The molecule has 8 heteroatoms. The first-order chi connectivity index (χ1) is 13.5. The number of benzene rings is 2. The smallest absolute Gasteiger partial charge is 0.338 e. The van der Waals surface area contributed by atoms with Crippen LogP contribution in [0, 0.1) is 5.82 Å². The Morgan fingerprint density at radius 1 is 1.25 bits per heavy atom. The summed E-state index contributed by atoms with van der Waals surface area (Å²) in [5, 5.41) is 5.28. The Kier molecular flexibility index (Phi) is 4.68. The molecule has 2 amide bonds. The molecule has 0 bridgehead atoms. The summed E-state index contributed by atoms with van der Waals surface area (Å²) in [4.78, 5) is 38.4. The van der Waals surface area contributed by atoms with Crippen LogP contribution in [0.1, 0.15) is 23.2 Å². The molecule has 144 valence electrons. The third kappa shape index (κ3) is 3.53. The van der Waals surface area contributed by atoms with Crippen LogP contribution in [0.2, 0.25) is 0 Å². The molecule has 0 radical (unpaired) electrons. The standard InChI is InChI=1S/C20H18FN3O4/c21-13-3-1-4-14(10-13)22-18(25)11-28-20(27)12-6-7-16-15(9-12)23-19(26)17-5-2-8-24(16)17/h1,3-4,6-7,9-10,17H,2,5,8,11H2,(H,22,25)(H,23,26)/t17-/m0/s1. The molecular weight excluding hydrogens is 365 g/mol. The summed E-state index contributed by atoms with van der Waals surface area (Å²) >= 11 is 0. The Bertz CT molecular complexity index is 962. The van der Waals surface area contributed by atoms with Gasteiger partial charge in [0.1, 0.15) is 11.9 Å². The Morgan fingerprint density at radius 3 is 2.93 bits per heavy atom. The molecule has 2 heterocycles. The summed E-state index contributed by atoms with van der Waals surface area (Å²) in [6.07, 6.45) is 1.76. The van der Waals surface area contributed by atoms with E-state index in [2.05, 4.69) is 10.6 Å². The third-order valence-corrected chi connectivity index (χ3v) is 4.80. The van der Waals surface area contributed by atoms with Crippen LogP contribution in [0.3, 0.4) is 0 Å². The van der Waals surface area contributed by atoms with Crippen LogP contribution in [0.25, 0.3) is 0 Å². The SMILES string of the molecule is O=C(COC(=O)c1ccc2c(c1)NC(=O)[C@@H]1CCCN21)Nc1cccc(F)c1. The van der Waals surface area contributed by atoms with Crippen LogP contribution in [0.15, 0.2) is 42.5 Å². The number of hydrogen-bond donors (Lipinski definition) is 2. The molecule has 0 aromatic heterocycles. The van der Waals surface area contributed by atoms with Gasteiger partial charge < -0.3 is 20.3 Å². The van der Waals surface area contributed by atoms with E-state index in [1.54, 1.807) is 18.2 Å². The van der Waals surface area contributed by atoms with Gasteiger partial charge in [-0.1, -0.05) is 6.07 Å². The largest absolute Gasteiger partial charge is 0.452 e. The van der Waals surface area contributed by atoms with Gasteiger partial charge in [0.2, 0.25) is 5.91 Å². The lowest BCUT2D eigenvalue weighted by Crippen LogP contribution is -2.43. The molecule has 4 rings (SSSR count). The third-order valence-electron chi connectivity index (χ3n) is 4.80. The quantitative estimate of drug-likeness (QED) is 0.793. The molecule has 0 spiro atoms. The summed E-state index contributed by atoms with van der Waals surface area (Å²) in [5.41, 5.74) is 1.94. The molecule has 2 aromatic rings. The maximum atomic E-state index is 13.1. The normalized spacial score (nSPS) is 17.4. The topological polar surface area (TPSA) is 87.7 Å². The van der Waals surface area contributed by atoms with E-state index in [1.807, 2.05) is 4.90 Å². The number of esters is 1. The van der Waals surface area contributed by atoms with Crippen molar-refractivity contribution >= 4 is 34.8 Å². The molecule has 0 unspecified atom stereocenters. The molecule has 2 N–H and O–H groups in total. The number of amides is 2. The number of carbonyl (C=O) groups is 3. The number of fused-ring (bicyclic) bond motifs is 3. The van der Waals surface area contributed by atoms with Gasteiger partial charge in [-0.25, -0.2) is 9.18 Å². The van der Waals surface area contributed by atoms with Crippen molar-refractivity contribution in [1.82, 2.24) is 0 Å². The highest BCUT2D eigenvalue weighted by Gasteiger charge is 2.36.